The van der Waals surface area contributed by atoms with Crippen LogP contribution in [-0.4, -0.2) is 12.6 Å². The van der Waals surface area contributed by atoms with E-state index < -0.39 is 5.41 Å². The number of aldehydes is 2. The van der Waals surface area contributed by atoms with Gasteiger partial charge in [-0.2, -0.15) is 0 Å². The van der Waals surface area contributed by atoms with E-state index in [1.807, 2.05) is 6.92 Å². The van der Waals surface area contributed by atoms with E-state index in [1.54, 1.807) is 6.92 Å². The average Bonchev–Trinajstić information content (AvgIpc) is 1.89. The van der Waals surface area contributed by atoms with Crippen LogP contribution in [0.4, 0.5) is 0 Å². The highest BCUT2D eigenvalue weighted by Gasteiger charge is 2.20. The lowest BCUT2D eigenvalue weighted by atomic mass is 9.90. The van der Waals surface area contributed by atoms with Gasteiger partial charge in [0.2, 0.25) is 0 Å². The van der Waals surface area contributed by atoms with Gasteiger partial charge in [-0.15, -0.1) is 0 Å². The van der Waals surface area contributed by atoms with Crippen molar-refractivity contribution in [2.45, 2.75) is 26.7 Å². The lowest BCUT2D eigenvalue weighted by molar-refractivity contribution is -0.125. The molecule has 0 aromatic heterocycles. The van der Waals surface area contributed by atoms with Gasteiger partial charge in [0.15, 0.2) is 0 Å². The molecule has 0 aromatic rings. The third-order valence-corrected chi connectivity index (χ3v) is 1.33. The first-order chi connectivity index (χ1) is 4.18. The Morgan fingerprint density at radius 2 is 1.78 bits per heavy atom. The molecule has 0 aliphatic heterocycles. The first-order valence-electron chi connectivity index (χ1n) is 3.11. The van der Waals surface area contributed by atoms with Crippen molar-refractivity contribution in [2.24, 2.45) is 5.41 Å². The van der Waals surface area contributed by atoms with Crippen LogP contribution in [0.15, 0.2) is 0 Å². The molecule has 0 aromatic carbocycles. The smallest absolute Gasteiger partial charge is 0.132 e. The molecule has 2 heteroatoms. The molecule has 0 fully saturated rings. The quantitative estimate of drug-likeness (QED) is 0.421. The van der Waals surface area contributed by atoms with E-state index >= 15 is 0 Å². The maximum atomic E-state index is 10.2. The zero-order valence-electron chi connectivity index (χ0n) is 5.89. The van der Waals surface area contributed by atoms with Gasteiger partial charge in [-0.05, 0) is 13.3 Å². The van der Waals surface area contributed by atoms with Gasteiger partial charge in [-0.3, -0.25) is 0 Å². The van der Waals surface area contributed by atoms with Crippen LogP contribution in [0.25, 0.3) is 0 Å². The lowest BCUT2D eigenvalue weighted by Crippen LogP contribution is -2.19. The Kier molecular flexibility index (Phi) is 3.13. The summed E-state index contributed by atoms with van der Waals surface area (Å²) in [7, 11) is 0. The molecule has 0 saturated heterocycles. The average molecular weight is 128 g/mol. The summed E-state index contributed by atoms with van der Waals surface area (Å²) in [6.45, 7) is 3.60. The highest BCUT2D eigenvalue weighted by Crippen LogP contribution is 2.15. The van der Waals surface area contributed by atoms with Crippen molar-refractivity contribution in [2.75, 3.05) is 0 Å². The lowest BCUT2D eigenvalue weighted by Gasteiger charge is -2.11. The van der Waals surface area contributed by atoms with E-state index in [9.17, 15) is 9.59 Å². The molecule has 0 aliphatic rings. The standard InChI is InChI=1S/C7H12O2/c1-3-4-7(2,5-8)6-9/h5-6H,3-4H2,1-2H3. The summed E-state index contributed by atoms with van der Waals surface area (Å²) in [5.74, 6) is 0. The fraction of sp³-hybridized carbons (Fsp3) is 0.714. The molecule has 0 amide bonds. The van der Waals surface area contributed by atoms with Crippen molar-refractivity contribution in [3.63, 3.8) is 0 Å². The number of hydrogen-bond donors (Lipinski definition) is 0. The topological polar surface area (TPSA) is 34.1 Å². The van der Waals surface area contributed by atoms with E-state index in [4.69, 9.17) is 0 Å². The molecular formula is C7H12O2. The summed E-state index contributed by atoms with van der Waals surface area (Å²) in [6.07, 6.45) is 2.95. The Morgan fingerprint density at radius 1 is 1.33 bits per heavy atom. The molecule has 0 aliphatic carbocycles. The maximum absolute atomic E-state index is 10.2. The first-order valence-corrected chi connectivity index (χ1v) is 3.11. The number of hydrogen-bond acceptors (Lipinski definition) is 2. The van der Waals surface area contributed by atoms with E-state index in [0.717, 1.165) is 6.42 Å². The normalized spacial score (nSPS) is 10.9. The van der Waals surface area contributed by atoms with Crippen LogP contribution in [-0.2, 0) is 9.59 Å². The number of rotatable bonds is 4. The Labute approximate surface area is 55.3 Å². The maximum Gasteiger partial charge on any atom is 0.132 e. The van der Waals surface area contributed by atoms with Crippen molar-refractivity contribution >= 4 is 12.6 Å². The second-order valence-electron chi connectivity index (χ2n) is 2.49. The summed E-state index contributed by atoms with van der Waals surface area (Å²) in [4.78, 5) is 20.4. The third kappa shape index (κ3) is 2.40. The highest BCUT2D eigenvalue weighted by molar-refractivity contribution is 5.82. The molecule has 2 nitrogen and oxygen atoms in total. The van der Waals surface area contributed by atoms with Crippen molar-refractivity contribution < 1.29 is 9.59 Å². The van der Waals surface area contributed by atoms with Crippen LogP contribution >= 0.6 is 0 Å². The Morgan fingerprint density at radius 3 is 1.89 bits per heavy atom. The van der Waals surface area contributed by atoms with Gasteiger partial charge >= 0.3 is 0 Å². The van der Waals surface area contributed by atoms with E-state index in [0.29, 0.717) is 19.0 Å². The third-order valence-electron chi connectivity index (χ3n) is 1.33. The van der Waals surface area contributed by atoms with Gasteiger partial charge in [0.05, 0.1) is 5.41 Å². The molecule has 0 N–H and O–H groups in total. The van der Waals surface area contributed by atoms with Gasteiger partial charge in [0, 0.05) is 0 Å². The van der Waals surface area contributed by atoms with Crippen LogP contribution in [0.5, 0.6) is 0 Å². The molecule has 0 rings (SSSR count). The molecule has 0 radical (unpaired) electrons. The highest BCUT2D eigenvalue weighted by atomic mass is 16.1. The van der Waals surface area contributed by atoms with Crippen molar-refractivity contribution in [1.29, 1.82) is 0 Å². The Balaban J connectivity index is 3.91. The molecule has 0 saturated carbocycles. The summed E-state index contributed by atoms with van der Waals surface area (Å²) in [6, 6.07) is 0. The molecule has 0 spiro atoms. The van der Waals surface area contributed by atoms with E-state index in [-0.39, 0.29) is 0 Å². The molecule has 0 heterocycles. The Bertz CT molecular complexity index is 99.5. The fourth-order valence-corrected chi connectivity index (χ4v) is 0.684. The molecule has 9 heavy (non-hydrogen) atoms. The SMILES string of the molecule is CCCC(C)(C=O)C=O. The van der Waals surface area contributed by atoms with Crippen molar-refractivity contribution in [3.05, 3.63) is 0 Å². The summed E-state index contributed by atoms with van der Waals surface area (Å²) < 4.78 is 0. The van der Waals surface area contributed by atoms with E-state index in [1.165, 1.54) is 0 Å². The van der Waals surface area contributed by atoms with Crippen LogP contribution in [0.1, 0.15) is 26.7 Å². The number of carbonyl (C=O) groups excluding carboxylic acids is 2. The van der Waals surface area contributed by atoms with Gasteiger partial charge in [0.25, 0.3) is 0 Å². The second kappa shape index (κ2) is 3.38. The minimum atomic E-state index is -0.727. The van der Waals surface area contributed by atoms with Crippen LogP contribution in [0.2, 0.25) is 0 Å². The van der Waals surface area contributed by atoms with Crippen LogP contribution in [0, 0.1) is 5.41 Å². The summed E-state index contributed by atoms with van der Waals surface area (Å²) in [5, 5.41) is 0. The molecule has 52 valence electrons. The van der Waals surface area contributed by atoms with Crippen LogP contribution in [0.3, 0.4) is 0 Å². The molecule has 0 bridgehead atoms. The fourth-order valence-electron chi connectivity index (χ4n) is 0.684. The second-order valence-corrected chi connectivity index (χ2v) is 2.49. The zero-order valence-corrected chi connectivity index (χ0v) is 5.89. The van der Waals surface area contributed by atoms with Crippen LogP contribution < -0.4 is 0 Å². The predicted molar refractivity (Wildman–Crippen MR) is 35.1 cm³/mol. The van der Waals surface area contributed by atoms with Gasteiger partial charge in [0.1, 0.15) is 12.6 Å². The van der Waals surface area contributed by atoms with Crippen molar-refractivity contribution in [3.8, 4) is 0 Å². The van der Waals surface area contributed by atoms with E-state index in [2.05, 4.69) is 0 Å². The minimum Gasteiger partial charge on any atom is -0.302 e. The molecule has 0 atom stereocenters. The predicted octanol–water partition coefficient (Wildman–Crippen LogP) is 1.19. The Hall–Kier alpha value is -0.660. The first kappa shape index (κ1) is 8.34. The summed E-state index contributed by atoms with van der Waals surface area (Å²) in [5.41, 5.74) is -0.727. The number of carbonyl (C=O) groups is 2. The monoisotopic (exact) mass is 128 g/mol. The molecular weight excluding hydrogens is 116 g/mol. The summed E-state index contributed by atoms with van der Waals surface area (Å²) >= 11 is 0. The zero-order chi connectivity index (χ0) is 7.33. The van der Waals surface area contributed by atoms with Gasteiger partial charge in [-0.25, -0.2) is 0 Å². The van der Waals surface area contributed by atoms with Crippen molar-refractivity contribution in [1.82, 2.24) is 0 Å². The van der Waals surface area contributed by atoms with Gasteiger partial charge in [-0.1, -0.05) is 13.3 Å². The largest absolute Gasteiger partial charge is 0.302 e. The minimum absolute atomic E-state index is 0.653. The molecule has 0 unspecified atom stereocenters. The van der Waals surface area contributed by atoms with Gasteiger partial charge < -0.3 is 9.59 Å².